The molecule has 0 saturated heterocycles. The van der Waals surface area contributed by atoms with E-state index >= 15 is 0 Å². The molecule has 2 aromatic heterocycles. The Hall–Kier alpha value is -3.73. The van der Waals surface area contributed by atoms with Crippen LogP contribution in [0.1, 0.15) is 0 Å². The maximum Gasteiger partial charge on any atom is 0.113 e. The Morgan fingerprint density at radius 3 is 2.15 bits per heavy atom. The molecule has 0 aliphatic heterocycles. The van der Waals surface area contributed by atoms with Crippen LogP contribution < -0.4 is 0 Å². The van der Waals surface area contributed by atoms with E-state index < -0.39 is 0 Å². The standard InChI is InChI=1S/C21H15N5/c1-3-9-16(10-4-1)21-20(15-22-25(21)17-11-5-2-6-12-17)26-19-14-8-7-13-18(19)23-24-26/h1-15H. The van der Waals surface area contributed by atoms with E-state index in [4.69, 9.17) is 0 Å². The molecule has 0 unspecified atom stereocenters. The smallest absolute Gasteiger partial charge is 0.113 e. The molecule has 0 radical (unpaired) electrons. The minimum absolute atomic E-state index is 0.860. The summed E-state index contributed by atoms with van der Waals surface area (Å²) in [5.74, 6) is 0. The molecular weight excluding hydrogens is 322 g/mol. The van der Waals surface area contributed by atoms with E-state index in [9.17, 15) is 0 Å². The van der Waals surface area contributed by atoms with Crippen LogP contribution in [0.4, 0.5) is 0 Å². The van der Waals surface area contributed by atoms with Gasteiger partial charge in [0, 0.05) is 5.56 Å². The Kier molecular flexibility index (Phi) is 3.35. The summed E-state index contributed by atoms with van der Waals surface area (Å²) in [5.41, 5.74) is 5.77. The zero-order chi connectivity index (χ0) is 17.3. The van der Waals surface area contributed by atoms with E-state index in [1.165, 1.54) is 0 Å². The van der Waals surface area contributed by atoms with Crippen molar-refractivity contribution >= 4 is 11.0 Å². The lowest BCUT2D eigenvalue weighted by Crippen LogP contribution is -2.02. The number of rotatable bonds is 3. The molecule has 5 aromatic rings. The van der Waals surface area contributed by atoms with Crippen molar-refractivity contribution in [2.45, 2.75) is 0 Å². The van der Waals surface area contributed by atoms with Crippen molar-refractivity contribution in [3.8, 4) is 22.6 Å². The average Bonchev–Trinajstić information content (AvgIpc) is 3.33. The van der Waals surface area contributed by atoms with Gasteiger partial charge < -0.3 is 0 Å². The Morgan fingerprint density at radius 1 is 0.654 bits per heavy atom. The fourth-order valence-electron chi connectivity index (χ4n) is 3.17. The lowest BCUT2D eigenvalue weighted by atomic mass is 10.1. The lowest BCUT2D eigenvalue weighted by Gasteiger charge is -2.10. The molecule has 0 aliphatic rings. The molecule has 0 aliphatic carbocycles. The number of aromatic nitrogens is 5. The van der Waals surface area contributed by atoms with Crippen LogP contribution in [0.5, 0.6) is 0 Å². The van der Waals surface area contributed by atoms with Crippen LogP contribution in [0.3, 0.4) is 0 Å². The first-order chi connectivity index (χ1) is 12.9. The molecule has 5 rings (SSSR count). The number of para-hydroxylation sites is 2. The van der Waals surface area contributed by atoms with Gasteiger partial charge in [-0.1, -0.05) is 65.9 Å². The zero-order valence-electron chi connectivity index (χ0n) is 13.9. The SMILES string of the molecule is c1ccc(-c2c(-n3nnc4ccccc43)cnn2-c2ccccc2)cc1. The minimum Gasteiger partial charge on any atom is -0.231 e. The Labute approximate surface area is 150 Å². The van der Waals surface area contributed by atoms with Crippen LogP contribution >= 0.6 is 0 Å². The summed E-state index contributed by atoms with van der Waals surface area (Å²) in [7, 11) is 0. The van der Waals surface area contributed by atoms with Gasteiger partial charge in [0.05, 0.1) is 23.1 Å². The van der Waals surface area contributed by atoms with Crippen molar-refractivity contribution < 1.29 is 0 Å². The van der Waals surface area contributed by atoms with Crippen molar-refractivity contribution in [1.29, 1.82) is 0 Å². The van der Waals surface area contributed by atoms with Gasteiger partial charge in [0.1, 0.15) is 11.2 Å². The molecule has 0 fully saturated rings. The molecule has 0 saturated carbocycles. The molecule has 0 N–H and O–H groups in total. The monoisotopic (exact) mass is 337 g/mol. The first-order valence-corrected chi connectivity index (χ1v) is 8.41. The van der Waals surface area contributed by atoms with Crippen molar-refractivity contribution in [1.82, 2.24) is 24.8 Å². The van der Waals surface area contributed by atoms with Crippen LogP contribution in [0.2, 0.25) is 0 Å². The summed E-state index contributed by atoms with van der Waals surface area (Å²) in [6, 6.07) is 28.3. The lowest BCUT2D eigenvalue weighted by molar-refractivity contribution is 0.824. The predicted molar refractivity (Wildman–Crippen MR) is 101 cm³/mol. The Balaban J connectivity index is 1.80. The van der Waals surface area contributed by atoms with Gasteiger partial charge in [0.15, 0.2) is 0 Å². The Bertz CT molecular complexity index is 1170. The molecule has 0 atom stereocenters. The third-order valence-corrected chi connectivity index (χ3v) is 4.38. The maximum atomic E-state index is 4.65. The molecule has 3 aromatic carbocycles. The van der Waals surface area contributed by atoms with Gasteiger partial charge in [-0.2, -0.15) is 5.10 Å². The molecule has 0 amide bonds. The molecular formula is C21H15N5. The van der Waals surface area contributed by atoms with E-state index in [0.29, 0.717) is 0 Å². The van der Waals surface area contributed by atoms with E-state index in [2.05, 4.69) is 27.5 Å². The second kappa shape index (κ2) is 5.97. The van der Waals surface area contributed by atoms with Gasteiger partial charge in [0.2, 0.25) is 0 Å². The van der Waals surface area contributed by atoms with Gasteiger partial charge in [-0.25, -0.2) is 9.36 Å². The van der Waals surface area contributed by atoms with E-state index in [1.807, 2.05) is 88.4 Å². The van der Waals surface area contributed by atoms with Crippen LogP contribution in [-0.2, 0) is 0 Å². The van der Waals surface area contributed by atoms with Gasteiger partial charge in [-0.3, -0.25) is 0 Å². The normalized spacial score (nSPS) is 11.1. The zero-order valence-corrected chi connectivity index (χ0v) is 13.9. The van der Waals surface area contributed by atoms with Crippen molar-refractivity contribution in [2.24, 2.45) is 0 Å². The summed E-state index contributed by atoms with van der Waals surface area (Å²) < 4.78 is 3.80. The molecule has 124 valence electrons. The summed E-state index contributed by atoms with van der Waals surface area (Å²) >= 11 is 0. The van der Waals surface area contributed by atoms with E-state index in [1.54, 1.807) is 0 Å². The molecule has 2 heterocycles. The highest BCUT2D eigenvalue weighted by Gasteiger charge is 2.18. The fraction of sp³-hybridized carbons (Fsp3) is 0. The highest BCUT2D eigenvalue weighted by atomic mass is 15.4. The quantitative estimate of drug-likeness (QED) is 0.494. The summed E-state index contributed by atoms with van der Waals surface area (Å²) in [4.78, 5) is 0. The second-order valence-electron chi connectivity index (χ2n) is 5.98. The summed E-state index contributed by atoms with van der Waals surface area (Å²) in [6.45, 7) is 0. The van der Waals surface area contributed by atoms with E-state index in [0.717, 1.165) is 33.7 Å². The first kappa shape index (κ1) is 14.6. The van der Waals surface area contributed by atoms with Crippen LogP contribution in [0.25, 0.3) is 33.7 Å². The number of nitrogens with zero attached hydrogens (tertiary/aromatic N) is 5. The molecule has 0 bridgehead atoms. The van der Waals surface area contributed by atoms with Crippen LogP contribution in [0, 0.1) is 0 Å². The van der Waals surface area contributed by atoms with Crippen LogP contribution in [-0.4, -0.2) is 24.8 Å². The number of fused-ring (bicyclic) bond motifs is 1. The number of hydrogen-bond donors (Lipinski definition) is 0. The predicted octanol–water partition coefficient (Wildman–Crippen LogP) is 4.27. The van der Waals surface area contributed by atoms with Gasteiger partial charge in [-0.15, -0.1) is 5.10 Å². The summed E-state index contributed by atoms with van der Waals surface area (Å²) in [6.07, 6.45) is 1.84. The van der Waals surface area contributed by atoms with Crippen molar-refractivity contribution in [2.75, 3.05) is 0 Å². The number of hydrogen-bond acceptors (Lipinski definition) is 3. The second-order valence-corrected chi connectivity index (χ2v) is 5.98. The molecule has 0 spiro atoms. The van der Waals surface area contributed by atoms with Gasteiger partial charge in [0.25, 0.3) is 0 Å². The van der Waals surface area contributed by atoms with E-state index in [-0.39, 0.29) is 0 Å². The van der Waals surface area contributed by atoms with Gasteiger partial charge >= 0.3 is 0 Å². The minimum atomic E-state index is 0.860. The summed E-state index contributed by atoms with van der Waals surface area (Å²) in [5, 5.41) is 13.3. The fourth-order valence-corrected chi connectivity index (χ4v) is 3.17. The molecule has 5 heteroatoms. The first-order valence-electron chi connectivity index (χ1n) is 8.41. The largest absolute Gasteiger partial charge is 0.231 e. The van der Waals surface area contributed by atoms with Crippen molar-refractivity contribution in [3.05, 3.63) is 91.1 Å². The third kappa shape index (κ3) is 2.29. The van der Waals surface area contributed by atoms with Crippen molar-refractivity contribution in [3.63, 3.8) is 0 Å². The molecule has 26 heavy (non-hydrogen) atoms. The Morgan fingerprint density at radius 2 is 1.35 bits per heavy atom. The van der Waals surface area contributed by atoms with Gasteiger partial charge in [-0.05, 0) is 24.3 Å². The number of benzene rings is 3. The average molecular weight is 337 g/mol. The highest BCUT2D eigenvalue weighted by molar-refractivity contribution is 5.79. The topological polar surface area (TPSA) is 48.5 Å². The maximum absolute atomic E-state index is 4.65. The molecule has 5 nitrogen and oxygen atoms in total. The highest BCUT2D eigenvalue weighted by Crippen LogP contribution is 2.30. The van der Waals surface area contributed by atoms with Crippen LogP contribution in [0.15, 0.2) is 91.1 Å². The third-order valence-electron chi connectivity index (χ3n) is 4.38.